The Labute approximate surface area is 584 Å². The van der Waals surface area contributed by atoms with Gasteiger partial charge in [0.1, 0.15) is 0 Å². The molecule has 6 heterocycles. The van der Waals surface area contributed by atoms with Crippen molar-refractivity contribution in [3.63, 3.8) is 0 Å². The molecule has 6 aliphatic heterocycles. The van der Waals surface area contributed by atoms with Gasteiger partial charge in [-0.3, -0.25) is 9.59 Å². The molecule has 6 unspecified atom stereocenters. The Hall–Kier alpha value is -5.73. The standard InChI is InChI=1S/2C11H14BNO3S.2C11H16BNOS.2C11H15BO2S.2Rf/c1-12-9-4-7(17-6-11(14)15)2-3-8(9)10(5-13)16-12;1-12-11-7(8(5-13)16-12)3-2-4-9(11)17-6-10(14)15;1-3-11-9-5-4-8(15-7-13)6-10(9)12(2)14-11;1-3-9-8-5-4-6-10(15-7-13)11(8)12(2)14-9;1-3-11-9-5-4-8(15-7-13)6-10(9)12(2)14-11;1-3-9-8-5-4-6-10(15-7-13)11(8)12(2)14-9;;/h2-4,10H,5-6,13H2,1H3,(H,14,15);2-4,8H,5-6,13H2,1H3,(H,14,15);4-6,11H,3,7,13H2,1-2H3;4-6,9H,3,7,13H2,1-2H3;4-6,11,13H,3,7H2,1-2H3;4-6,9,13H,3,7H2,1-2H3;;. The fraction of sp³-hybridized carbons (Fsp3) is 0.424. The topological polar surface area (TPSA) is 275 Å². The van der Waals surface area contributed by atoms with Gasteiger partial charge in [-0.1, -0.05) is 165 Å². The summed E-state index contributed by atoms with van der Waals surface area (Å²) in [4.78, 5) is 27.8. The number of hydrogen-bond donors (Lipinski definition) is 8. The molecule has 6 aromatic carbocycles. The van der Waals surface area contributed by atoms with Gasteiger partial charge in [-0.15, -0.1) is 47.0 Å². The quantitative estimate of drug-likeness (QED) is 0.0201. The van der Waals surface area contributed by atoms with E-state index in [0.717, 1.165) is 67.3 Å². The van der Waals surface area contributed by atoms with Crippen molar-refractivity contribution in [3.05, 3.63) is 143 Å². The molecule has 16 nitrogen and oxygen atoms in total. The third-order valence-corrected chi connectivity index (χ3v) is 22.0. The second kappa shape index (κ2) is 39.8. The minimum Gasteiger partial charge on any atom is -0.481 e. The summed E-state index contributed by atoms with van der Waals surface area (Å²) in [6.07, 6.45) is 5.05. The molecule has 0 saturated carbocycles. The van der Waals surface area contributed by atoms with E-state index in [2.05, 4.69) is 122 Å². The summed E-state index contributed by atoms with van der Waals surface area (Å²) in [5, 5.41) is 35.2. The Morgan fingerprint density at radius 2 is 0.688 bits per heavy atom. The summed E-state index contributed by atoms with van der Waals surface area (Å²) in [7, 11) is 0. The third kappa shape index (κ3) is 20.5. The first-order chi connectivity index (χ1) is 45.3. The summed E-state index contributed by atoms with van der Waals surface area (Å²) in [6, 6.07) is 37.3. The van der Waals surface area contributed by atoms with E-state index in [0.29, 0.717) is 24.8 Å². The van der Waals surface area contributed by atoms with Gasteiger partial charge in [0.2, 0.25) is 0 Å². The van der Waals surface area contributed by atoms with Crippen LogP contribution in [0.2, 0.25) is 40.9 Å². The van der Waals surface area contributed by atoms with Crippen LogP contribution < -0.4 is 55.7 Å². The first-order valence-corrected chi connectivity index (χ1v) is 38.2. The van der Waals surface area contributed by atoms with E-state index < -0.39 is 11.9 Å². The van der Waals surface area contributed by atoms with E-state index >= 15 is 0 Å². The molecule has 0 aromatic heterocycles. The Morgan fingerprint density at radius 1 is 0.385 bits per heavy atom. The molecule has 12 rings (SSSR count). The fourth-order valence-electron chi connectivity index (χ4n) is 12.7. The van der Waals surface area contributed by atoms with Crippen LogP contribution in [0.25, 0.3) is 0 Å². The number of benzene rings is 6. The number of aliphatic hydroxyl groups is 2. The summed E-state index contributed by atoms with van der Waals surface area (Å²) in [6.45, 7) is 22.7. The molecule has 504 valence electrons. The van der Waals surface area contributed by atoms with Gasteiger partial charge in [0.15, 0.2) is 0 Å². The van der Waals surface area contributed by atoms with E-state index in [4.69, 9.17) is 71.3 Å². The summed E-state index contributed by atoms with van der Waals surface area (Å²) < 4.78 is 35.0. The third-order valence-electron chi connectivity index (χ3n) is 16.9. The number of carboxylic acids is 2. The first kappa shape index (κ1) is 80.9. The molecule has 30 heteroatoms. The van der Waals surface area contributed by atoms with Gasteiger partial charge in [-0.05, 0) is 128 Å². The second-order valence-electron chi connectivity index (χ2n) is 22.9. The number of fused-ring (bicyclic) bond motifs is 6. The Balaban J connectivity index is 0.000000208. The maximum atomic E-state index is 10.6. The average molecular weight is 1920 g/mol. The molecule has 0 aliphatic carbocycles. The van der Waals surface area contributed by atoms with E-state index in [1.54, 1.807) is 23.5 Å². The van der Waals surface area contributed by atoms with Gasteiger partial charge in [0.25, 0.3) is 0 Å². The minimum atomic E-state index is -0.811. The number of aliphatic carboxylic acids is 2. The summed E-state index contributed by atoms with van der Waals surface area (Å²) in [5.74, 6) is 0.0375. The SMILES string of the molecule is CB1OC(CN)c2ccc(SCC(=O)O)cc21.CB1OC(CN)c2cccc(SCC(=O)O)c21.CCC1OB(C)c2c(SCN)cccc21.CCC1OB(C)c2c(SCO)cccc21.CCC1OB(C)c2cc(SCN)ccc21.CCC1OB(C)c2cc(SCO)ccc21.[Rf].[Rf]. The molecule has 0 saturated heterocycles. The predicted molar refractivity (Wildman–Crippen MR) is 401 cm³/mol. The van der Waals surface area contributed by atoms with Crippen molar-refractivity contribution < 1.29 is 57.9 Å². The summed E-state index contributed by atoms with van der Waals surface area (Å²) in [5.41, 5.74) is 37.4. The second-order valence-corrected chi connectivity index (χ2v) is 29.1. The average Bonchev–Trinajstić information content (AvgIpc) is 1.70. The Kier molecular flexibility index (Phi) is 33.5. The molecule has 6 atom stereocenters. The number of nitrogens with two attached hydrogens (primary N) is 4. The van der Waals surface area contributed by atoms with Crippen LogP contribution >= 0.6 is 70.6 Å². The van der Waals surface area contributed by atoms with E-state index in [9.17, 15) is 9.59 Å². The van der Waals surface area contributed by atoms with Crippen LogP contribution in [0.5, 0.6) is 0 Å². The van der Waals surface area contributed by atoms with Gasteiger partial charge in [-0.25, -0.2) is 0 Å². The van der Waals surface area contributed by atoms with E-state index in [1.807, 2.05) is 56.1 Å². The van der Waals surface area contributed by atoms with Crippen LogP contribution in [-0.4, -0.2) is 122 Å². The predicted octanol–water partition coefficient (Wildman–Crippen LogP) is 9.53. The van der Waals surface area contributed by atoms with E-state index in [-0.39, 0.29) is 102 Å². The molecule has 6 aliphatic rings. The van der Waals surface area contributed by atoms with Crippen LogP contribution in [0.4, 0.5) is 0 Å². The molecule has 0 radical (unpaired) electrons. The molecule has 96 heavy (non-hydrogen) atoms. The Morgan fingerprint density at radius 3 is 1.06 bits per heavy atom. The van der Waals surface area contributed by atoms with Gasteiger partial charge >= 0.3 is 53.4 Å². The maximum absolute atomic E-state index is 10.6. The molecule has 0 bridgehead atoms. The van der Waals surface area contributed by atoms with Crippen LogP contribution in [0.1, 0.15) is 123 Å². The molecular formula is C66H90B6N4O12Rf2S6. The van der Waals surface area contributed by atoms with Gasteiger partial charge in [0, 0.05) is 54.2 Å². The summed E-state index contributed by atoms with van der Waals surface area (Å²) >= 11 is 8.94. The van der Waals surface area contributed by atoms with Crippen LogP contribution in [0.15, 0.2) is 139 Å². The monoisotopic (exact) mass is 1920 g/mol. The molecule has 12 N–H and O–H groups in total. The zero-order valence-electron chi connectivity index (χ0n) is 57.0. The molecular weight excluding hydrogens is 1830 g/mol. The van der Waals surface area contributed by atoms with Crippen LogP contribution in [0, 0.1) is 0 Å². The van der Waals surface area contributed by atoms with Crippen molar-refractivity contribution in [1.29, 1.82) is 0 Å². The van der Waals surface area contributed by atoms with Crippen molar-refractivity contribution >= 4 is 157 Å². The van der Waals surface area contributed by atoms with Crippen molar-refractivity contribution in [1.82, 2.24) is 0 Å². The van der Waals surface area contributed by atoms with Crippen LogP contribution in [0.3, 0.4) is 0 Å². The fourth-order valence-corrected chi connectivity index (χ4v) is 16.9. The number of carbonyl (C=O) groups is 2. The van der Waals surface area contributed by atoms with Crippen molar-refractivity contribution in [2.45, 2.75) is 160 Å². The number of aliphatic hydroxyl groups excluding tert-OH is 2. The smallest absolute Gasteiger partial charge is 0.325 e. The molecule has 0 fully saturated rings. The van der Waals surface area contributed by atoms with Crippen LogP contribution in [-0.2, 0) is 37.5 Å². The molecule has 6 aromatic rings. The number of thioether (sulfide) groups is 6. The maximum Gasteiger partial charge on any atom is 0.325 e. The zero-order valence-corrected chi connectivity index (χ0v) is 74.7. The Bertz CT molecular complexity index is 3330. The van der Waals surface area contributed by atoms with Gasteiger partial charge in [0.05, 0.1) is 60.0 Å². The molecule has 0 spiro atoms. The number of carboxylic acid groups (broad SMARTS) is 2. The molecule has 0 amide bonds. The number of rotatable bonds is 20. The normalized spacial score (nSPS) is 18.6. The van der Waals surface area contributed by atoms with Crippen molar-refractivity contribution in [3.8, 4) is 0 Å². The van der Waals surface area contributed by atoms with E-state index in [1.165, 1.54) is 101 Å². The van der Waals surface area contributed by atoms with Gasteiger partial charge in [-0.2, -0.15) is 0 Å². The zero-order chi connectivity index (χ0) is 68.2. The number of hydrogen-bond acceptors (Lipinski definition) is 20. The van der Waals surface area contributed by atoms with Crippen molar-refractivity contribution in [2.24, 2.45) is 22.9 Å². The first-order valence-electron chi connectivity index (χ1n) is 32.3. The largest absolute Gasteiger partial charge is 0.481 e. The minimum absolute atomic E-state index is 0. The van der Waals surface area contributed by atoms with Gasteiger partial charge < -0.3 is 71.3 Å². The van der Waals surface area contributed by atoms with Crippen molar-refractivity contribution in [2.75, 3.05) is 48.2 Å².